The summed E-state index contributed by atoms with van der Waals surface area (Å²) in [7, 11) is 0. The van der Waals surface area contributed by atoms with E-state index in [-0.39, 0.29) is 18.9 Å². The van der Waals surface area contributed by atoms with Crippen molar-refractivity contribution >= 4 is 11.7 Å². The van der Waals surface area contributed by atoms with Crippen LogP contribution in [0.15, 0.2) is 23.4 Å². The number of hydrogen-bond donors (Lipinski definition) is 0. The summed E-state index contributed by atoms with van der Waals surface area (Å²) in [5.41, 5.74) is 8.40. The third kappa shape index (κ3) is 3.82. The van der Waals surface area contributed by atoms with Crippen molar-refractivity contribution in [3.8, 4) is 6.07 Å². The van der Waals surface area contributed by atoms with Gasteiger partial charge in [-0.05, 0) is 17.7 Å². The fraction of sp³-hybridized carbons (Fsp3) is 0.562. The van der Waals surface area contributed by atoms with Gasteiger partial charge in [-0.3, -0.25) is 4.79 Å². The summed E-state index contributed by atoms with van der Waals surface area (Å²) < 4.78 is 5.54. The minimum absolute atomic E-state index is 0.0280. The molecule has 0 spiro atoms. The Kier molecular flexibility index (Phi) is 5.03. The van der Waals surface area contributed by atoms with Crippen molar-refractivity contribution in [3.63, 3.8) is 0 Å². The van der Waals surface area contributed by atoms with Crippen LogP contribution in [0.3, 0.4) is 0 Å². The van der Waals surface area contributed by atoms with Gasteiger partial charge >= 0.3 is 0 Å². The van der Waals surface area contributed by atoms with E-state index in [0.717, 1.165) is 12.2 Å². The summed E-state index contributed by atoms with van der Waals surface area (Å²) >= 11 is 0. The molecule has 2 fully saturated rings. The second-order valence-corrected chi connectivity index (χ2v) is 6.23. The van der Waals surface area contributed by atoms with Crippen LogP contribution < -0.4 is 4.90 Å². The molecular weight excluding hydrogens is 322 g/mol. The molecule has 0 radical (unpaired) electrons. The fourth-order valence-electron chi connectivity index (χ4n) is 3.08. The maximum atomic E-state index is 12.5. The highest BCUT2D eigenvalue weighted by Crippen LogP contribution is 2.31. The molecule has 25 heavy (non-hydrogen) atoms. The Hall–Kier alpha value is -2.82. The van der Waals surface area contributed by atoms with Crippen molar-refractivity contribution in [2.24, 2.45) is 5.11 Å². The number of pyridine rings is 1. The Balaban J connectivity index is 1.53. The van der Waals surface area contributed by atoms with Gasteiger partial charge in [0.15, 0.2) is 0 Å². The molecule has 0 aliphatic carbocycles. The predicted molar refractivity (Wildman–Crippen MR) is 89.7 cm³/mol. The lowest BCUT2D eigenvalue weighted by Gasteiger charge is -2.42. The zero-order valence-corrected chi connectivity index (χ0v) is 13.8. The number of anilines is 1. The number of azide groups is 1. The first-order valence-corrected chi connectivity index (χ1v) is 8.19. The molecule has 1 aromatic heterocycles. The van der Waals surface area contributed by atoms with Crippen LogP contribution in [0.5, 0.6) is 0 Å². The van der Waals surface area contributed by atoms with E-state index in [0.29, 0.717) is 38.3 Å². The Morgan fingerprint density at radius 1 is 1.44 bits per heavy atom. The molecule has 1 amide bonds. The molecule has 130 valence electrons. The van der Waals surface area contributed by atoms with Gasteiger partial charge in [0, 0.05) is 43.7 Å². The molecule has 2 aliphatic rings. The Bertz CT molecular complexity index is 709. The summed E-state index contributed by atoms with van der Waals surface area (Å²) in [6.45, 7) is 3.40. The van der Waals surface area contributed by atoms with Gasteiger partial charge in [-0.15, -0.1) is 0 Å². The summed E-state index contributed by atoms with van der Waals surface area (Å²) in [6.07, 6.45) is 2.55. The molecule has 2 aliphatic heterocycles. The van der Waals surface area contributed by atoms with E-state index in [2.05, 4.69) is 26.0 Å². The average Bonchev–Trinajstić information content (AvgIpc) is 2.64. The number of nitriles is 1. The smallest absolute Gasteiger partial charge is 0.225 e. The Morgan fingerprint density at radius 2 is 2.20 bits per heavy atom. The normalized spacial score (nSPS) is 22.5. The van der Waals surface area contributed by atoms with Gasteiger partial charge in [0.05, 0.1) is 30.7 Å². The quantitative estimate of drug-likeness (QED) is 0.456. The molecule has 3 heterocycles. The number of amides is 1. The first kappa shape index (κ1) is 17.0. The summed E-state index contributed by atoms with van der Waals surface area (Å²) in [5.74, 6) is 0.841. The number of ether oxygens (including phenoxy) is 1. The minimum atomic E-state index is -0.616. The van der Waals surface area contributed by atoms with E-state index in [9.17, 15) is 4.79 Å². The molecule has 0 saturated carbocycles. The van der Waals surface area contributed by atoms with Gasteiger partial charge in [0.2, 0.25) is 5.91 Å². The lowest BCUT2D eigenvalue weighted by Crippen LogP contribution is -2.54. The van der Waals surface area contributed by atoms with Gasteiger partial charge in [0.25, 0.3) is 0 Å². The van der Waals surface area contributed by atoms with Crippen LogP contribution in [0.4, 0.5) is 5.82 Å². The number of aromatic nitrogens is 1. The zero-order valence-electron chi connectivity index (χ0n) is 13.8. The molecular formula is C16H19N7O2. The topological polar surface area (TPSA) is 118 Å². The van der Waals surface area contributed by atoms with E-state index in [1.54, 1.807) is 12.3 Å². The third-order valence-corrected chi connectivity index (χ3v) is 4.69. The van der Waals surface area contributed by atoms with Crippen LogP contribution in [0.2, 0.25) is 0 Å². The molecule has 0 N–H and O–H groups in total. The molecule has 9 nitrogen and oxygen atoms in total. The van der Waals surface area contributed by atoms with E-state index >= 15 is 0 Å². The van der Waals surface area contributed by atoms with Gasteiger partial charge in [-0.1, -0.05) is 5.11 Å². The summed E-state index contributed by atoms with van der Waals surface area (Å²) in [5, 5.41) is 12.4. The maximum Gasteiger partial charge on any atom is 0.225 e. The first-order chi connectivity index (χ1) is 12.2. The molecule has 2 saturated heterocycles. The summed E-state index contributed by atoms with van der Waals surface area (Å²) in [6, 6.07) is 5.62. The third-order valence-electron chi connectivity index (χ3n) is 4.69. The van der Waals surface area contributed by atoms with Crippen molar-refractivity contribution < 1.29 is 9.53 Å². The van der Waals surface area contributed by atoms with Crippen molar-refractivity contribution in [2.45, 2.75) is 18.4 Å². The number of carbonyl (C=O) groups is 1. The van der Waals surface area contributed by atoms with Gasteiger partial charge in [-0.25, -0.2) is 4.98 Å². The molecule has 0 aromatic carbocycles. The van der Waals surface area contributed by atoms with Gasteiger partial charge in [-0.2, -0.15) is 5.26 Å². The monoisotopic (exact) mass is 341 g/mol. The molecule has 1 atom stereocenters. The zero-order chi connectivity index (χ0) is 17.7. The number of nitrogens with zero attached hydrogens (tertiary/aromatic N) is 7. The predicted octanol–water partition coefficient (Wildman–Crippen LogP) is 1.46. The summed E-state index contributed by atoms with van der Waals surface area (Å²) in [4.78, 5) is 23.5. The SMILES string of the molecule is N#Cc1ccc(N2CCN(C(=O)CC3(CN=[N+]=[N-])CCO3)CC2)nc1. The lowest BCUT2D eigenvalue weighted by atomic mass is 9.90. The standard InChI is InChI=1S/C16H19N7O2/c17-10-13-1-2-14(19-11-13)22-4-6-23(7-5-22)15(24)9-16(3-8-25-16)12-20-21-18/h1-2,11H,3-9,12H2. The number of hydrogen-bond acceptors (Lipinski definition) is 6. The molecule has 1 unspecified atom stereocenters. The van der Waals surface area contributed by atoms with E-state index in [1.807, 2.05) is 11.0 Å². The van der Waals surface area contributed by atoms with Crippen molar-refractivity contribution in [1.29, 1.82) is 5.26 Å². The van der Waals surface area contributed by atoms with Crippen molar-refractivity contribution in [3.05, 3.63) is 34.3 Å². The number of rotatable bonds is 5. The number of carbonyl (C=O) groups excluding carboxylic acids is 1. The fourth-order valence-corrected chi connectivity index (χ4v) is 3.08. The Morgan fingerprint density at radius 3 is 2.72 bits per heavy atom. The largest absolute Gasteiger partial charge is 0.374 e. The second-order valence-electron chi connectivity index (χ2n) is 6.23. The second kappa shape index (κ2) is 7.38. The highest BCUT2D eigenvalue weighted by molar-refractivity contribution is 5.77. The minimum Gasteiger partial charge on any atom is -0.374 e. The van der Waals surface area contributed by atoms with Crippen LogP contribution in [0.1, 0.15) is 18.4 Å². The van der Waals surface area contributed by atoms with E-state index in [4.69, 9.17) is 15.5 Å². The Labute approximate surface area is 145 Å². The average molecular weight is 341 g/mol. The molecule has 9 heteroatoms. The van der Waals surface area contributed by atoms with Crippen molar-refractivity contribution in [2.75, 3.05) is 44.2 Å². The highest BCUT2D eigenvalue weighted by atomic mass is 16.5. The maximum absolute atomic E-state index is 12.5. The van der Waals surface area contributed by atoms with Crippen molar-refractivity contribution in [1.82, 2.24) is 9.88 Å². The van der Waals surface area contributed by atoms with E-state index < -0.39 is 5.60 Å². The molecule has 0 bridgehead atoms. The van der Waals surface area contributed by atoms with Gasteiger partial charge < -0.3 is 14.5 Å². The molecule has 3 rings (SSSR count). The van der Waals surface area contributed by atoms with Crippen LogP contribution in [-0.4, -0.2) is 60.7 Å². The lowest BCUT2D eigenvalue weighted by molar-refractivity contribution is -0.163. The first-order valence-electron chi connectivity index (χ1n) is 8.19. The van der Waals surface area contributed by atoms with Crippen LogP contribution >= 0.6 is 0 Å². The number of piperazine rings is 1. The van der Waals surface area contributed by atoms with Crippen LogP contribution in [-0.2, 0) is 9.53 Å². The van der Waals surface area contributed by atoms with Crippen LogP contribution in [0.25, 0.3) is 10.4 Å². The molecule has 1 aromatic rings. The highest BCUT2D eigenvalue weighted by Gasteiger charge is 2.41. The van der Waals surface area contributed by atoms with Crippen LogP contribution in [0, 0.1) is 11.3 Å². The van der Waals surface area contributed by atoms with Gasteiger partial charge in [0.1, 0.15) is 11.9 Å². The van der Waals surface area contributed by atoms with E-state index in [1.165, 1.54) is 0 Å².